The van der Waals surface area contributed by atoms with Crippen LogP contribution in [0.2, 0.25) is 0 Å². The molecule has 0 radical (unpaired) electrons. The number of thiophene rings is 1. The monoisotopic (exact) mass is 483 g/mol. The van der Waals surface area contributed by atoms with Crippen molar-refractivity contribution in [3.63, 3.8) is 0 Å². The summed E-state index contributed by atoms with van der Waals surface area (Å²) in [5.41, 5.74) is 0.590. The fourth-order valence-corrected chi connectivity index (χ4v) is 6.23. The number of piperidine rings is 1. The third kappa shape index (κ3) is 4.77. The average Bonchev–Trinajstić information content (AvgIpc) is 3.65. The molecule has 2 N–H and O–H groups in total. The van der Waals surface area contributed by atoms with Crippen LogP contribution in [0.1, 0.15) is 43.0 Å². The smallest absolute Gasteiger partial charge is 0.319 e. The third-order valence-electron chi connectivity index (χ3n) is 7.19. The molecule has 2 aliphatic heterocycles. The van der Waals surface area contributed by atoms with E-state index in [1.807, 2.05) is 36.1 Å². The molecule has 1 aliphatic carbocycles. The number of likely N-dealkylation sites (tertiary alicyclic amines) is 1. The second kappa shape index (κ2) is 9.92. The first kappa shape index (κ1) is 23.1. The zero-order valence-corrected chi connectivity index (χ0v) is 20.5. The average molecular weight is 484 g/mol. The summed E-state index contributed by atoms with van der Waals surface area (Å²) in [6, 6.07) is 8.01. The number of piperazine rings is 1. The van der Waals surface area contributed by atoms with Crippen molar-refractivity contribution in [3.8, 4) is 0 Å². The van der Waals surface area contributed by atoms with Gasteiger partial charge in [0.15, 0.2) is 0 Å². The molecular weight excluding hydrogens is 450 g/mol. The Labute approximate surface area is 204 Å². The first-order valence-corrected chi connectivity index (χ1v) is 13.2. The van der Waals surface area contributed by atoms with Crippen LogP contribution in [-0.4, -0.2) is 84.4 Å². The molecular formula is C25H33N5O3S. The number of carbonyl (C=O) groups is 3. The molecule has 3 heterocycles. The predicted molar refractivity (Wildman–Crippen MR) is 134 cm³/mol. The molecule has 0 atom stereocenters. The van der Waals surface area contributed by atoms with Crippen molar-refractivity contribution in [3.05, 3.63) is 29.8 Å². The Morgan fingerprint density at radius 3 is 2.32 bits per heavy atom. The lowest BCUT2D eigenvalue weighted by Gasteiger charge is -2.42. The molecule has 5 rings (SSSR count). The van der Waals surface area contributed by atoms with Crippen molar-refractivity contribution >= 4 is 44.3 Å². The van der Waals surface area contributed by atoms with Gasteiger partial charge in [-0.1, -0.05) is 18.2 Å². The van der Waals surface area contributed by atoms with Gasteiger partial charge in [0, 0.05) is 67.9 Å². The molecule has 9 heteroatoms. The summed E-state index contributed by atoms with van der Waals surface area (Å²) in [5, 5.41) is 7.12. The number of fused-ring (bicyclic) bond motifs is 1. The van der Waals surface area contributed by atoms with Crippen LogP contribution >= 0.6 is 11.3 Å². The van der Waals surface area contributed by atoms with Crippen molar-refractivity contribution in [2.45, 2.75) is 38.6 Å². The van der Waals surface area contributed by atoms with Crippen molar-refractivity contribution in [1.82, 2.24) is 20.0 Å². The van der Waals surface area contributed by atoms with Gasteiger partial charge >= 0.3 is 6.03 Å². The maximum absolute atomic E-state index is 13.6. The van der Waals surface area contributed by atoms with Gasteiger partial charge < -0.3 is 15.1 Å². The lowest BCUT2D eigenvalue weighted by molar-refractivity contribution is -0.134. The van der Waals surface area contributed by atoms with Crippen molar-refractivity contribution in [2.75, 3.05) is 51.1 Å². The number of carbonyl (C=O) groups excluding carboxylic acids is 3. The Hall–Kier alpha value is -2.65. The van der Waals surface area contributed by atoms with E-state index in [1.165, 1.54) is 11.3 Å². The fraction of sp³-hybridized carbons (Fsp3) is 0.560. The SMILES string of the molecule is CCNC(=O)Nc1sc2ccccc2c1C(=O)N1CCN(C2CCN(C(=O)C3CC3)CC2)CC1. The number of amides is 4. The van der Waals surface area contributed by atoms with Gasteiger partial charge in [-0.05, 0) is 38.7 Å². The highest BCUT2D eigenvalue weighted by Crippen LogP contribution is 2.37. The van der Waals surface area contributed by atoms with E-state index >= 15 is 0 Å². The van der Waals surface area contributed by atoms with E-state index in [2.05, 4.69) is 20.4 Å². The molecule has 1 saturated carbocycles. The van der Waals surface area contributed by atoms with Crippen LogP contribution in [0.4, 0.5) is 9.80 Å². The molecule has 1 aromatic carbocycles. The summed E-state index contributed by atoms with van der Waals surface area (Å²) < 4.78 is 0.990. The highest BCUT2D eigenvalue weighted by Gasteiger charge is 2.36. The van der Waals surface area contributed by atoms with Crippen molar-refractivity contribution in [1.29, 1.82) is 0 Å². The molecule has 3 fully saturated rings. The number of hydrogen-bond donors (Lipinski definition) is 2. The zero-order valence-electron chi connectivity index (χ0n) is 19.7. The van der Waals surface area contributed by atoms with Crippen LogP contribution in [0.25, 0.3) is 10.1 Å². The molecule has 0 spiro atoms. The summed E-state index contributed by atoms with van der Waals surface area (Å²) in [7, 11) is 0. The van der Waals surface area contributed by atoms with E-state index in [9.17, 15) is 14.4 Å². The number of hydrogen-bond acceptors (Lipinski definition) is 5. The van der Waals surface area contributed by atoms with Gasteiger partial charge in [0.05, 0.1) is 5.56 Å². The van der Waals surface area contributed by atoms with E-state index in [0.717, 1.165) is 61.9 Å². The maximum Gasteiger partial charge on any atom is 0.319 e. The summed E-state index contributed by atoms with van der Waals surface area (Å²) >= 11 is 1.44. The maximum atomic E-state index is 13.6. The standard InChI is InChI=1S/C25H33N5O3S/c1-2-26-25(33)27-22-21(19-5-3-4-6-20(19)34-22)24(32)30-15-13-28(14-16-30)18-9-11-29(12-10-18)23(31)17-7-8-17/h3-6,17-18H,2,7-16H2,1H3,(H2,26,27,33). The van der Waals surface area contributed by atoms with E-state index in [-0.39, 0.29) is 11.9 Å². The molecule has 34 heavy (non-hydrogen) atoms. The molecule has 182 valence electrons. The van der Waals surface area contributed by atoms with Gasteiger partial charge in [-0.2, -0.15) is 0 Å². The first-order valence-electron chi connectivity index (χ1n) is 12.4. The minimum atomic E-state index is -0.292. The van der Waals surface area contributed by atoms with Crippen LogP contribution < -0.4 is 10.6 Å². The lowest BCUT2D eigenvalue weighted by atomic mass is 10.0. The Bertz CT molecular complexity index is 1070. The number of nitrogens with one attached hydrogen (secondary N) is 2. The third-order valence-corrected chi connectivity index (χ3v) is 8.28. The zero-order chi connectivity index (χ0) is 23.7. The van der Waals surface area contributed by atoms with Gasteiger partial charge in [0.25, 0.3) is 5.91 Å². The van der Waals surface area contributed by atoms with Crippen LogP contribution in [-0.2, 0) is 4.79 Å². The molecule has 0 bridgehead atoms. The van der Waals surface area contributed by atoms with Gasteiger partial charge in [0.2, 0.25) is 5.91 Å². The normalized spacial score (nSPS) is 19.9. The summed E-state index contributed by atoms with van der Waals surface area (Å²) in [5.74, 6) is 0.634. The van der Waals surface area contributed by atoms with Crippen molar-refractivity contribution in [2.24, 2.45) is 5.92 Å². The molecule has 8 nitrogen and oxygen atoms in total. The second-order valence-electron chi connectivity index (χ2n) is 9.45. The predicted octanol–water partition coefficient (Wildman–Crippen LogP) is 3.20. The molecule has 4 amide bonds. The quantitative estimate of drug-likeness (QED) is 0.684. The fourth-order valence-electron chi connectivity index (χ4n) is 5.14. The number of nitrogens with zero attached hydrogens (tertiary/aromatic N) is 3. The van der Waals surface area contributed by atoms with E-state index in [4.69, 9.17) is 0 Å². The van der Waals surface area contributed by atoms with E-state index in [1.54, 1.807) is 0 Å². The topological polar surface area (TPSA) is 85.0 Å². The number of anilines is 1. The number of rotatable bonds is 5. The van der Waals surface area contributed by atoms with E-state index < -0.39 is 0 Å². The second-order valence-corrected chi connectivity index (χ2v) is 10.5. The highest BCUT2D eigenvalue weighted by molar-refractivity contribution is 7.23. The first-order chi connectivity index (χ1) is 16.5. The van der Waals surface area contributed by atoms with Crippen LogP contribution in [0.3, 0.4) is 0 Å². The molecule has 1 aromatic heterocycles. The van der Waals surface area contributed by atoms with Gasteiger partial charge in [-0.3, -0.25) is 19.8 Å². The Morgan fingerprint density at radius 2 is 1.65 bits per heavy atom. The Morgan fingerprint density at radius 1 is 0.941 bits per heavy atom. The summed E-state index contributed by atoms with van der Waals surface area (Å²) in [6.45, 7) is 7.13. The molecule has 3 aliphatic rings. The molecule has 0 unspecified atom stereocenters. The number of benzene rings is 1. The minimum Gasteiger partial charge on any atom is -0.342 e. The minimum absolute atomic E-state index is 0.0197. The summed E-state index contributed by atoms with van der Waals surface area (Å²) in [6.07, 6.45) is 4.16. The Balaban J connectivity index is 1.22. The number of urea groups is 1. The van der Waals surface area contributed by atoms with Crippen molar-refractivity contribution < 1.29 is 14.4 Å². The van der Waals surface area contributed by atoms with Crippen LogP contribution in [0.15, 0.2) is 24.3 Å². The molecule has 2 saturated heterocycles. The Kier molecular flexibility index (Phi) is 6.74. The summed E-state index contributed by atoms with van der Waals surface area (Å²) in [4.78, 5) is 44.6. The van der Waals surface area contributed by atoms with Gasteiger partial charge in [-0.15, -0.1) is 11.3 Å². The van der Waals surface area contributed by atoms with Crippen LogP contribution in [0, 0.1) is 5.92 Å². The van der Waals surface area contributed by atoms with Gasteiger partial charge in [-0.25, -0.2) is 4.79 Å². The molecule has 2 aromatic rings. The van der Waals surface area contributed by atoms with Gasteiger partial charge in [0.1, 0.15) is 5.00 Å². The highest BCUT2D eigenvalue weighted by atomic mass is 32.1. The lowest BCUT2D eigenvalue weighted by Crippen LogP contribution is -2.54. The van der Waals surface area contributed by atoms with Crippen LogP contribution in [0.5, 0.6) is 0 Å². The largest absolute Gasteiger partial charge is 0.342 e. The van der Waals surface area contributed by atoms with E-state index in [0.29, 0.717) is 48.1 Å².